The van der Waals surface area contributed by atoms with Gasteiger partial charge in [0.05, 0.1) is 26.6 Å². The van der Waals surface area contributed by atoms with E-state index in [0.717, 1.165) is 6.07 Å². The molecule has 1 aromatic carbocycles. The Bertz CT molecular complexity index is 1190. The third-order valence-electron chi connectivity index (χ3n) is 4.66. The lowest BCUT2D eigenvalue weighted by atomic mass is 9.92. The Morgan fingerprint density at radius 2 is 1.93 bits per heavy atom. The molecule has 0 aliphatic heterocycles. The second kappa shape index (κ2) is 8.83. The van der Waals surface area contributed by atoms with E-state index in [1.54, 1.807) is 24.3 Å². The van der Waals surface area contributed by atoms with Crippen LogP contribution in [0.3, 0.4) is 0 Å². The highest BCUT2D eigenvalue weighted by Gasteiger charge is 2.29. The first-order valence-corrected chi connectivity index (χ1v) is 9.00. The minimum atomic E-state index is -1.07. The molecule has 0 fully saturated rings. The third kappa shape index (κ3) is 4.20. The van der Waals surface area contributed by atoms with Crippen LogP contribution in [0.4, 0.5) is 0 Å². The van der Waals surface area contributed by atoms with E-state index < -0.39 is 28.6 Å². The van der Waals surface area contributed by atoms with Crippen LogP contribution in [0.1, 0.15) is 29.4 Å². The number of aromatic hydroxyl groups is 1. The van der Waals surface area contributed by atoms with Crippen molar-refractivity contribution in [2.75, 3.05) is 21.3 Å². The van der Waals surface area contributed by atoms with Gasteiger partial charge in [-0.25, -0.2) is 0 Å². The summed E-state index contributed by atoms with van der Waals surface area (Å²) >= 11 is 0. The number of carbonyl (C=O) groups excluding carboxylic acids is 1. The van der Waals surface area contributed by atoms with Gasteiger partial charge in [0.25, 0.3) is 5.56 Å². The minimum absolute atomic E-state index is 0.0290. The molecule has 30 heavy (non-hydrogen) atoms. The van der Waals surface area contributed by atoms with Crippen molar-refractivity contribution >= 4 is 16.9 Å². The number of H-pyrrole nitrogens is 1. The number of ether oxygens (including phenoxy) is 3. The molecule has 0 amide bonds. The Morgan fingerprint density at radius 3 is 2.60 bits per heavy atom. The van der Waals surface area contributed by atoms with Crippen LogP contribution in [0.15, 0.2) is 44.3 Å². The third-order valence-corrected chi connectivity index (χ3v) is 4.66. The zero-order chi connectivity index (χ0) is 21.8. The van der Waals surface area contributed by atoms with Crippen LogP contribution in [0, 0.1) is 0 Å². The molecule has 9 nitrogen and oxygen atoms in total. The van der Waals surface area contributed by atoms with E-state index in [9.17, 15) is 19.5 Å². The lowest BCUT2D eigenvalue weighted by molar-refractivity contribution is -0.140. The lowest BCUT2D eigenvalue weighted by Gasteiger charge is -2.17. The Morgan fingerprint density at radius 1 is 1.17 bits per heavy atom. The fourth-order valence-corrected chi connectivity index (χ4v) is 3.19. The van der Waals surface area contributed by atoms with Crippen molar-refractivity contribution in [2.24, 2.45) is 0 Å². The van der Waals surface area contributed by atoms with Gasteiger partial charge in [-0.2, -0.15) is 0 Å². The van der Waals surface area contributed by atoms with E-state index in [2.05, 4.69) is 4.98 Å². The number of benzene rings is 1. The van der Waals surface area contributed by atoms with E-state index >= 15 is 0 Å². The first-order chi connectivity index (χ1) is 14.4. The molecular weight excluding hydrogens is 394 g/mol. The number of methoxy groups -OCH3 is 3. The monoisotopic (exact) mass is 415 g/mol. The Hall–Kier alpha value is -3.59. The molecule has 2 heterocycles. The molecule has 0 unspecified atom stereocenters. The van der Waals surface area contributed by atoms with Gasteiger partial charge in [0.15, 0.2) is 5.76 Å². The molecule has 158 valence electrons. The van der Waals surface area contributed by atoms with E-state index in [4.69, 9.17) is 18.6 Å². The number of hydrogen-bond acceptors (Lipinski definition) is 8. The van der Waals surface area contributed by atoms with Crippen molar-refractivity contribution in [3.05, 3.63) is 68.0 Å². The summed E-state index contributed by atoms with van der Waals surface area (Å²) in [6.07, 6.45) is -0.331. The summed E-state index contributed by atoms with van der Waals surface area (Å²) in [4.78, 5) is 39.8. The molecule has 2 aromatic heterocycles. The number of aromatic nitrogens is 1. The van der Waals surface area contributed by atoms with Gasteiger partial charge in [-0.1, -0.05) is 0 Å². The molecule has 0 bridgehead atoms. The molecule has 0 aliphatic carbocycles. The summed E-state index contributed by atoms with van der Waals surface area (Å²) in [5.41, 5.74) is -0.535. The summed E-state index contributed by atoms with van der Waals surface area (Å²) in [5.74, 6) is -1.90. The number of aromatic amines is 1. The quantitative estimate of drug-likeness (QED) is 0.561. The second-order valence-electron chi connectivity index (χ2n) is 6.56. The van der Waals surface area contributed by atoms with Crippen LogP contribution < -0.4 is 15.7 Å². The molecular formula is C21H21NO8. The zero-order valence-corrected chi connectivity index (χ0v) is 16.7. The summed E-state index contributed by atoms with van der Waals surface area (Å²) < 4.78 is 20.6. The number of rotatable bonds is 7. The van der Waals surface area contributed by atoms with E-state index in [0.29, 0.717) is 16.7 Å². The predicted octanol–water partition coefficient (Wildman–Crippen LogP) is 2.04. The first kappa shape index (κ1) is 21.1. The Kier molecular flexibility index (Phi) is 6.22. The van der Waals surface area contributed by atoms with Gasteiger partial charge in [-0.15, -0.1) is 0 Å². The number of hydrogen-bond donors (Lipinski definition) is 2. The Balaban J connectivity index is 2.25. The first-order valence-electron chi connectivity index (χ1n) is 9.00. The number of pyridine rings is 1. The fraction of sp³-hybridized carbons (Fsp3) is 0.286. The molecule has 1 atom stereocenters. The van der Waals surface area contributed by atoms with Crippen LogP contribution in [-0.4, -0.2) is 37.4 Å². The normalized spacial score (nSPS) is 12.0. The van der Waals surface area contributed by atoms with Gasteiger partial charge < -0.3 is 28.7 Å². The molecule has 0 radical (unpaired) electrons. The van der Waals surface area contributed by atoms with Crippen LogP contribution in [0.2, 0.25) is 0 Å². The van der Waals surface area contributed by atoms with Crippen molar-refractivity contribution in [2.45, 2.75) is 18.9 Å². The standard InChI is InChI=1S/C21H21NO8/c1-27-10-13-8-17(23)19(25)20(30-13)14(9-18(24)29-3)15-7-11-6-12(28-2)4-5-16(11)22-21(15)26/h4-8,14,25H,9-10H2,1-3H3,(H,22,26)/t14-/m0/s1. The fourth-order valence-electron chi connectivity index (χ4n) is 3.19. The van der Waals surface area contributed by atoms with Crippen molar-refractivity contribution < 1.29 is 28.5 Å². The number of nitrogens with one attached hydrogen (secondary N) is 1. The summed E-state index contributed by atoms with van der Waals surface area (Å²) in [7, 11) is 4.13. The van der Waals surface area contributed by atoms with E-state index in [1.165, 1.54) is 21.3 Å². The largest absolute Gasteiger partial charge is 0.502 e. The second-order valence-corrected chi connectivity index (χ2v) is 6.56. The molecule has 9 heteroatoms. The maximum absolute atomic E-state index is 12.8. The van der Waals surface area contributed by atoms with E-state index in [1.807, 2.05) is 0 Å². The maximum Gasteiger partial charge on any atom is 0.306 e. The van der Waals surface area contributed by atoms with Crippen LogP contribution in [0.5, 0.6) is 11.5 Å². The molecule has 3 rings (SSSR count). The van der Waals surface area contributed by atoms with Crippen LogP contribution >= 0.6 is 0 Å². The highest BCUT2D eigenvalue weighted by Crippen LogP contribution is 2.33. The lowest BCUT2D eigenvalue weighted by Crippen LogP contribution is -2.21. The molecule has 0 saturated carbocycles. The number of esters is 1. The molecule has 2 N–H and O–H groups in total. The Labute approximate surface area is 170 Å². The number of carbonyl (C=O) groups is 1. The molecule has 3 aromatic rings. The van der Waals surface area contributed by atoms with Crippen molar-refractivity contribution in [3.63, 3.8) is 0 Å². The summed E-state index contributed by atoms with van der Waals surface area (Å²) in [6.45, 7) is -0.0290. The van der Waals surface area contributed by atoms with Crippen LogP contribution in [0.25, 0.3) is 10.9 Å². The highest BCUT2D eigenvalue weighted by atomic mass is 16.5. The maximum atomic E-state index is 12.8. The van der Waals surface area contributed by atoms with Gasteiger partial charge >= 0.3 is 5.97 Å². The van der Waals surface area contributed by atoms with Crippen molar-refractivity contribution in [1.29, 1.82) is 0 Å². The van der Waals surface area contributed by atoms with E-state index in [-0.39, 0.29) is 30.1 Å². The summed E-state index contributed by atoms with van der Waals surface area (Å²) in [5, 5.41) is 11.0. The van der Waals surface area contributed by atoms with Crippen LogP contribution in [-0.2, 0) is 20.9 Å². The highest BCUT2D eigenvalue weighted by molar-refractivity contribution is 5.81. The van der Waals surface area contributed by atoms with Crippen molar-refractivity contribution in [1.82, 2.24) is 4.98 Å². The smallest absolute Gasteiger partial charge is 0.306 e. The van der Waals surface area contributed by atoms with Crippen molar-refractivity contribution in [3.8, 4) is 11.5 Å². The molecule has 0 saturated heterocycles. The SMILES string of the molecule is COCc1cc(=O)c(O)c([C@@H](CC(=O)OC)c2cc3cc(OC)ccc3[nH]c2=O)o1. The molecule has 0 aliphatic rings. The van der Waals surface area contributed by atoms with Gasteiger partial charge in [0.1, 0.15) is 18.1 Å². The average Bonchev–Trinajstić information content (AvgIpc) is 2.74. The number of fused-ring (bicyclic) bond motifs is 1. The van der Waals surface area contributed by atoms with Gasteiger partial charge in [-0.05, 0) is 24.3 Å². The average molecular weight is 415 g/mol. The zero-order valence-electron chi connectivity index (χ0n) is 16.7. The summed E-state index contributed by atoms with van der Waals surface area (Å²) in [6, 6.07) is 7.75. The predicted molar refractivity (Wildman–Crippen MR) is 107 cm³/mol. The topological polar surface area (TPSA) is 128 Å². The minimum Gasteiger partial charge on any atom is -0.502 e. The van der Waals surface area contributed by atoms with Gasteiger partial charge in [0, 0.05) is 29.6 Å². The van der Waals surface area contributed by atoms with Gasteiger partial charge in [0.2, 0.25) is 11.2 Å². The molecule has 0 spiro atoms. The van der Waals surface area contributed by atoms with Gasteiger partial charge in [-0.3, -0.25) is 14.4 Å².